The minimum absolute atomic E-state index is 0.0348. The SMILES string of the molecule is CCN1CCCN(C(=O)c2ccn(-c3ccccc3)n2)CC1. The van der Waals surface area contributed by atoms with E-state index in [1.165, 1.54) is 0 Å². The summed E-state index contributed by atoms with van der Waals surface area (Å²) in [6.07, 6.45) is 2.87. The molecule has 0 N–H and O–H groups in total. The van der Waals surface area contributed by atoms with E-state index in [-0.39, 0.29) is 5.91 Å². The lowest BCUT2D eigenvalue weighted by Gasteiger charge is -2.20. The average molecular weight is 298 g/mol. The number of likely N-dealkylation sites (N-methyl/N-ethyl adjacent to an activating group) is 1. The molecule has 0 radical (unpaired) electrons. The summed E-state index contributed by atoms with van der Waals surface area (Å²) in [7, 11) is 0. The molecule has 2 aromatic rings. The van der Waals surface area contributed by atoms with Crippen molar-refractivity contribution >= 4 is 5.91 Å². The van der Waals surface area contributed by atoms with Crippen molar-refractivity contribution < 1.29 is 4.79 Å². The molecule has 5 heteroatoms. The first-order chi connectivity index (χ1) is 10.8. The predicted octanol–water partition coefficient (Wildman–Crippen LogP) is 2.04. The molecular formula is C17H22N4O. The second-order valence-electron chi connectivity index (χ2n) is 5.56. The molecule has 1 aliphatic heterocycles. The Morgan fingerprint density at radius 3 is 2.68 bits per heavy atom. The van der Waals surface area contributed by atoms with Crippen LogP contribution < -0.4 is 0 Å². The first-order valence-corrected chi connectivity index (χ1v) is 7.90. The van der Waals surface area contributed by atoms with E-state index in [1.54, 1.807) is 10.7 Å². The highest BCUT2D eigenvalue weighted by atomic mass is 16.2. The molecule has 22 heavy (non-hydrogen) atoms. The molecule has 3 rings (SSSR count). The zero-order chi connectivity index (χ0) is 15.4. The van der Waals surface area contributed by atoms with Crippen LogP contribution in [0, 0.1) is 0 Å². The number of rotatable bonds is 3. The highest BCUT2D eigenvalue weighted by Crippen LogP contribution is 2.11. The van der Waals surface area contributed by atoms with Gasteiger partial charge in [-0.3, -0.25) is 4.79 Å². The van der Waals surface area contributed by atoms with E-state index >= 15 is 0 Å². The van der Waals surface area contributed by atoms with Crippen molar-refractivity contribution in [3.63, 3.8) is 0 Å². The molecule has 0 atom stereocenters. The summed E-state index contributed by atoms with van der Waals surface area (Å²) in [5.41, 5.74) is 1.49. The van der Waals surface area contributed by atoms with Gasteiger partial charge in [0.05, 0.1) is 5.69 Å². The van der Waals surface area contributed by atoms with Gasteiger partial charge in [0.1, 0.15) is 0 Å². The zero-order valence-electron chi connectivity index (χ0n) is 13.0. The Bertz CT molecular complexity index is 623. The van der Waals surface area contributed by atoms with Gasteiger partial charge in [-0.05, 0) is 37.7 Å². The third kappa shape index (κ3) is 3.20. The molecular weight excluding hydrogens is 276 g/mol. The summed E-state index contributed by atoms with van der Waals surface area (Å²) in [5.74, 6) is 0.0348. The fourth-order valence-corrected chi connectivity index (χ4v) is 2.81. The van der Waals surface area contributed by atoms with E-state index in [2.05, 4.69) is 16.9 Å². The number of hydrogen-bond donors (Lipinski definition) is 0. The first kappa shape index (κ1) is 14.8. The zero-order valence-corrected chi connectivity index (χ0v) is 13.0. The molecule has 2 heterocycles. The van der Waals surface area contributed by atoms with E-state index < -0.39 is 0 Å². The van der Waals surface area contributed by atoms with E-state index in [0.29, 0.717) is 5.69 Å². The Morgan fingerprint density at radius 1 is 1.09 bits per heavy atom. The van der Waals surface area contributed by atoms with Crippen LogP contribution in [-0.4, -0.2) is 58.2 Å². The Hall–Kier alpha value is -2.14. The van der Waals surface area contributed by atoms with Gasteiger partial charge in [0, 0.05) is 25.8 Å². The maximum Gasteiger partial charge on any atom is 0.274 e. The van der Waals surface area contributed by atoms with Crippen LogP contribution in [-0.2, 0) is 0 Å². The summed E-state index contributed by atoms with van der Waals surface area (Å²) in [5, 5.41) is 4.44. The molecule has 0 saturated carbocycles. The van der Waals surface area contributed by atoms with Crippen LogP contribution >= 0.6 is 0 Å². The summed E-state index contributed by atoms with van der Waals surface area (Å²) < 4.78 is 1.75. The number of carbonyl (C=O) groups excluding carboxylic acids is 1. The minimum Gasteiger partial charge on any atom is -0.336 e. The third-order valence-corrected chi connectivity index (χ3v) is 4.15. The Morgan fingerprint density at radius 2 is 1.91 bits per heavy atom. The highest BCUT2D eigenvalue weighted by Gasteiger charge is 2.21. The fourth-order valence-electron chi connectivity index (χ4n) is 2.81. The van der Waals surface area contributed by atoms with Gasteiger partial charge in [-0.25, -0.2) is 4.68 Å². The van der Waals surface area contributed by atoms with Crippen LogP contribution in [0.25, 0.3) is 5.69 Å². The van der Waals surface area contributed by atoms with Crippen molar-refractivity contribution in [1.82, 2.24) is 19.6 Å². The van der Waals surface area contributed by atoms with Crippen LogP contribution in [0.1, 0.15) is 23.8 Å². The minimum atomic E-state index is 0.0348. The van der Waals surface area contributed by atoms with Gasteiger partial charge in [-0.15, -0.1) is 0 Å². The largest absolute Gasteiger partial charge is 0.336 e. The standard InChI is InChI=1S/C17H22N4O/c1-2-19-10-6-11-20(14-13-19)17(22)16-9-12-21(18-16)15-7-4-3-5-8-15/h3-5,7-9,12H,2,6,10-11,13-14H2,1H3. The monoisotopic (exact) mass is 298 g/mol. The molecule has 116 valence electrons. The Labute approximate surface area is 131 Å². The molecule has 1 saturated heterocycles. The average Bonchev–Trinajstić information content (AvgIpc) is 2.94. The molecule has 1 fully saturated rings. The highest BCUT2D eigenvalue weighted by molar-refractivity contribution is 5.92. The van der Waals surface area contributed by atoms with Crippen LogP contribution in [0.5, 0.6) is 0 Å². The van der Waals surface area contributed by atoms with Crippen molar-refractivity contribution in [3.8, 4) is 5.69 Å². The lowest BCUT2D eigenvalue weighted by Crippen LogP contribution is -2.35. The van der Waals surface area contributed by atoms with Crippen molar-refractivity contribution in [2.24, 2.45) is 0 Å². The van der Waals surface area contributed by atoms with Crippen molar-refractivity contribution in [2.75, 3.05) is 32.7 Å². The number of nitrogens with zero attached hydrogens (tertiary/aromatic N) is 4. The maximum atomic E-state index is 12.6. The summed E-state index contributed by atoms with van der Waals surface area (Å²) in [6.45, 7) is 6.82. The number of carbonyl (C=O) groups is 1. The number of hydrogen-bond acceptors (Lipinski definition) is 3. The molecule has 5 nitrogen and oxygen atoms in total. The smallest absolute Gasteiger partial charge is 0.274 e. The van der Waals surface area contributed by atoms with Crippen LogP contribution in [0.15, 0.2) is 42.6 Å². The van der Waals surface area contributed by atoms with Gasteiger partial charge in [0.2, 0.25) is 0 Å². The quantitative estimate of drug-likeness (QED) is 0.871. The van der Waals surface area contributed by atoms with Gasteiger partial charge in [-0.1, -0.05) is 25.1 Å². The fraction of sp³-hybridized carbons (Fsp3) is 0.412. The Kier molecular flexibility index (Phi) is 4.53. The van der Waals surface area contributed by atoms with Gasteiger partial charge in [0.15, 0.2) is 5.69 Å². The van der Waals surface area contributed by atoms with Crippen molar-refractivity contribution in [2.45, 2.75) is 13.3 Å². The van der Waals surface area contributed by atoms with Crippen molar-refractivity contribution in [3.05, 3.63) is 48.3 Å². The van der Waals surface area contributed by atoms with Gasteiger partial charge in [-0.2, -0.15) is 5.10 Å². The van der Waals surface area contributed by atoms with Gasteiger partial charge < -0.3 is 9.80 Å². The Balaban J connectivity index is 1.72. The number of amides is 1. The van der Waals surface area contributed by atoms with Crippen molar-refractivity contribution in [1.29, 1.82) is 0 Å². The van der Waals surface area contributed by atoms with Gasteiger partial charge >= 0.3 is 0 Å². The molecule has 1 amide bonds. The second-order valence-corrected chi connectivity index (χ2v) is 5.56. The van der Waals surface area contributed by atoms with E-state index in [0.717, 1.165) is 44.8 Å². The van der Waals surface area contributed by atoms with Crippen LogP contribution in [0.2, 0.25) is 0 Å². The van der Waals surface area contributed by atoms with Gasteiger partial charge in [0.25, 0.3) is 5.91 Å². The van der Waals surface area contributed by atoms with Crippen LogP contribution in [0.3, 0.4) is 0 Å². The number of para-hydroxylation sites is 1. The third-order valence-electron chi connectivity index (χ3n) is 4.15. The van der Waals surface area contributed by atoms with E-state index in [1.807, 2.05) is 41.4 Å². The lowest BCUT2D eigenvalue weighted by molar-refractivity contribution is 0.0755. The molecule has 1 aliphatic rings. The number of benzene rings is 1. The van der Waals surface area contributed by atoms with Crippen LogP contribution in [0.4, 0.5) is 0 Å². The normalized spacial score (nSPS) is 16.5. The summed E-state index contributed by atoms with van der Waals surface area (Å²) in [6, 6.07) is 11.7. The van der Waals surface area contributed by atoms with E-state index in [9.17, 15) is 4.79 Å². The lowest BCUT2D eigenvalue weighted by atomic mass is 10.3. The molecule has 0 bridgehead atoms. The molecule has 0 spiro atoms. The summed E-state index contributed by atoms with van der Waals surface area (Å²) in [4.78, 5) is 16.9. The number of aromatic nitrogens is 2. The first-order valence-electron chi connectivity index (χ1n) is 7.90. The molecule has 1 aromatic heterocycles. The predicted molar refractivity (Wildman–Crippen MR) is 86.2 cm³/mol. The molecule has 0 unspecified atom stereocenters. The maximum absolute atomic E-state index is 12.6. The molecule has 0 aliphatic carbocycles. The topological polar surface area (TPSA) is 41.4 Å². The summed E-state index contributed by atoms with van der Waals surface area (Å²) >= 11 is 0. The molecule has 1 aromatic carbocycles. The second kappa shape index (κ2) is 6.75. The van der Waals surface area contributed by atoms with E-state index in [4.69, 9.17) is 0 Å².